The number of carbonyl (C=O) groups excluding carboxylic acids is 1. The lowest BCUT2D eigenvalue weighted by molar-refractivity contribution is -0.123. The zero-order valence-corrected chi connectivity index (χ0v) is 23.5. The average Bonchev–Trinajstić information content (AvgIpc) is 2.82. The van der Waals surface area contributed by atoms with Crippen molar-refractivity contribution < 1.29 is 45.4 Å². The summed E-state index contributed by atoms with van der Waals surface area (Å²) in [5, 5.41) is 11.2. The molecule has 0 aliphatic carbocycles. The Labute approximate surface area is 226 Å². The Morgan fingerprint density at radius 3 is 2.44 bits per heavy atom. The number of carboxylic acid groups (broad SMARTS) is 1. The third-order valence-corrected chi connectivity index (χ3v) is 9.82. The van der Waals surface area contributed by atoms with Gasteiger partial charge >= 0.3 is 6.09 Å². The van der Waals surface area contributed by atoms with E-state index in [2.05, 4.69) is 5.32 Å². The van der Waals surface area contributed by atoms with E-state index in [-0.39, 0.29) is 40.7 Å². The van der Waals surface area contributed by atoms with Crippen molar-refractivity contribution in [3.8, 4) is 11.5 Å². The summed E-state index contributed by atoms with van der Waals surface area (Å²) in [7, 11) is -7.16. The minimum Gasteiger partial charge on any atom is -0.494 e. The second-order valence-corrected chi connectivity index (χ2v) is 14.2. The third kappa shape index (κ3) is 6.53. The van der Waals surface area contributed by atoms with Gasteiger partial charge in [0.25, 0.3) is 10.0 Å². The molecular weight excluding hydrogens is 557 g/mol. The van der Waals surface area contributed by atoms with Gasteiger partial charge in [-0.2, -0.15) is 0 Å². The molecule has 1 unspecified atom stereocenters. The molecule has 3 N–H and O–H groups in total. The van der Waals surface area contributed by atoms with E-state index in [0.717, 1.165) is 22.5 Å². The van der Waals surface area contributed by atoms with Crippen molar-refractivity contribution >= 4 is 43.4 Å². The minimum absolute atomic E-state index is 0.00760. The van der Waals surface area contributed by atoms with Gasteiger partial charge in [-0.25, -0.2) is 26.0 Å². The molecule has 0 spiro atoms. The number of rotatable bonds is 8. The molecule has 0 saturated carbocycles. The molecule has 2 aromatic rings. The van der Waals surface area contributed by atoms with E-state index in [1.165, 1.54) is 53.0 Å². The highest BCUT2D eigenvalue weighted by Crippen LogP contribution is 2.40. The predicted octanol–water partition coefficient (Wildman–Crippen LogP) is 3.15. The molecule has 0 radical (unpaired) electrons. The van der Waals surface area contributed by atoms with Gasteiger partial charge in [0.15, 0.2) is 11.6 Å². The zero-order chi connectivity index (χ0) is 29.3. The molecule has 214 valence electrons. The normalized spacial score (nSPS) is 16.5. The van der Waals surface area contributed by atoms with Crippen LogP contribution in [-0.2, 0) is 24.8 Å². The molecule has 0 saturated heterocycles. The topological polar surface area (TPSA) is 168 Å². The summed E-state index contributed by atoms with van der Waals surface area (Å²) in [4.78, 5) is 23.5. The molecule has 1 aliphatic heterocycles. The SMILES string of the molecule is COc1cc(S(=O)(=O)N2C[C@H](CC(C)C(=O)NS(=O)(=O)C(C)(C)C)Oc3ccc(NC(=O)O)cc32)ccc1F. The summed E-state index contributed by atoms with van der Waals surface area (Å²) < 4.78 is 78.9. The molecule has 2 amide bonds. The maximum Gasteiger partial charge on any atom is 0.409 e. The largest absolute Gasteiger partial charge is 0.494 e. The lowest BCUT2D eigenvalue weighted by Gasteiger charge is -2.36. The number of hydrogen-bond donors (Lipinski definition) is 3. The number of benzene rings is 2. The Kier molecular flexibility index (Phi) is 8.36. The second-order valence-electron chi connectivity index (χ2n) is 9.90. The molecule has 3 rings (SSSR count). The van der Waals surface area contributed by atoms with Crippen molar-refractivity contribution in [3.05, 3.63) is 42.2 Å². The Hall–Kier alpha value is -3.59. The van der Waals surface area contributed by atoms with Crippen molar-refractivity contribution in [2.75, 3.05) is 23.3 Å². The average molecular weight is 588 g/mol. The van der Waals surface area contributed by atoms with Gasteiger partial charge in [0.2, 0.25) is 15.9 Å². The maximum atomic E-state index is 14.0. The van der Waals surface area contributed by atoms with Crippen LogP contribution in [0.1, 0.15) is 34.1 Å². The molecule has 0 fully saturated rings. The molecule has 2 atom stereocenters. The number of methoxy groups -OCH3 is 1. The van der Waals surface area contributed by atoms with Crippen LogP contribution in [-0.4, -0.2) is 58.4 Å². The van der Waals surface area contributed by atoms with Crippen molar-refractivity contribution in [3.63, 3.8) is 0 Å². The first-order valence-electron chi connectivity index (χ1n) is 11.7. The van der Waals surface area contributed by atoms with Crippen molar-refractivity contribution in [1.29, 1.82) is 0 Å². The third-order valence-electron chi connectivity index (χ3n) is 5.96. The summed E-state index contributed by atoms with van der Waals surface area (Å²) in [5.74, 6) is -2.66. The van der Waals surface area contributed by atoms with Crippen LogP contribution in [0.4, 0.5) is 20.6 Å². The summed E-state index contributed by atoms with van der Waals surface area (Å²) in [5.41, 5.74) is 0.0773. The number of carbonyl (C=O) groups is 2. The maximum absolute atomic E-state index is 14.0. The van der Waals surface area contributed by atoms with Crippen LogP contribution >= 0.6 is 0 Å². The second kappa shape index (κ2) is 10.9. The number of amides is 2. The Morgan fingerprint density at radius 1 is 1.18 bits per heavy atom. The molecule has 1 aliphatic rings. The van der Waals surface area contributed by atoms with Gasteiger partial charge in [-0.1, -0.05) is 6.92 Å². The Bertz CT molecular complexity index is 1490. The van der Waals surface area contributed by atoms with Crippen LogP contribution in [0, 0.1) is 11.7 Å². The molecule has 1 heterocycles. The Morgan fingerprint density at radius 2 is 1.85 bits per heavy atom. The fourth-order valence-corrected chi connectivity index (χ4v) is 5.97. The number of ether oxygens (including phenoxy) is 2. The smallest absolute Gasteiger partial charge is 0.409 e. The van der Waals surface area contributed by atoms with Crippen LogP contribution in [0.25, 0.3) is 0 Å². The number of fused-ring (bicyclic) bond motifs is 1. The van der Waals surface area contributed by atoms with E-state index in [4.69, 9.17) is 14.6 Å². The zero-order valence-electron chi connectivity index (χ0n) is 21.9. The quantitative estimate of drug-likeness (QED) is 0.420. The van der Waals surface area contributed by atoms with E-state index in [1.807, 2.05) is 4.72 Å². The number of anilines is 2. The van der Waals surface area contributed by atoms with E-state index < -0.39 is 54.6 Å². The molecular formula is C24H30FN3O9S2. The molecule has 0 bridgehead atoms. The number of sulfonamides is 2. The van der Waals surface area contributed by atoms with Gasteiger partial charge in [0.1, 0.15) is 11.9 Å². The number of nitrogens with one attached hydrogen (secondary N) is 2. The van der Waals surface area contributed by atoms with Crippen molar-refractivity contribution in [1.82, 2.24) is 4.72 Å². The molecule has 2 aromatic carbocycles. The Balaban J connectivity index is 1.98. The number of nitrogens with zero attached hydrogens (tertiary/aromatic N) is 1. The fourth-order valence-electron chi connectivity index (χ4n) is 3.68. The van der Waals surface area contributed by atoms with Gasteiger partial charge in [-0.3, -0.25) is 19.1 Å². The van der Waals surface area contributed by atoms with Crippen LogP contribution in [0.5, 0.6) is 11.5 Å². The van der Waals surface area contributed by atoms with E-state index >= 15 is 0 Å². The molecule has 12 nitrogen and oxygen atoms in total. The van der Waals surface area contributed by atoms with Gasteiger partial charge in [0.05, 0.1) is 29.0 Å². The lowest BCUT2D eigenvalue weighted by atomic mass is 10.0. The minimum atomic E-state index is -4.37. The molecule has 15 heteroatoms. The van der Waals surface area contributed by atoms with E-state index in [9.17, 15) is 30.8 Å². The summed E-state index contributed by atoms with van der Waals surface area (Å²) >= 11 is 0. The monoisotopic (exact) mass is 587 g/mol. The lowest BCUT2D eigenvalue weighted by Crippen LogP contribution is -2.47. The number of halogens is 1. The van der Waals surface area contributed by atoms with Crippen LogP contribution in [0.15, 0.2) is 41.3 Å². The molecule has 0 aromatic heterocycles. The van der Waals surface area contributed by atoms with Gasteiger partial charge in [-0.15, -0.1) is 0 Å². The highest BCUT2D eigenvalue weighted by molar-refractivity contribution is 7.93. The van der Waals surface area contributed by atoms with Crippen LogP contribution < -0.4 is 23.8 Å². The first kappa shape index (κ1) is 30.0. The number of hydrogen-bond acceptors (Lipinski definition) is 8. The van der Waals surface area contributed by atoms with Gasteiger partial charge in [-0.05, 0) is 57.5 Å². The highest BCUT2D eigenvalue weighted by Gasteiger charge is 2.38. The van der Waals surface area contributed by atoms with Crippen LogP contribution in [0.2, 0.25) is 0 Å². The van der Waals surface area contributed by atoms with Gasteiger partial charge in [0, 0.05) is 17.7 Å². The van der Waals surface area contributed by atoms with E-state index in [0.29, 0.717) is 0 Å². The van der Waals surface area contributed by atoms with Crippen molar-refractivity contribution in [2.24, 2.45) is 5.92 Å². The summed E-state index contributed by atoms with van der Waals surface area (Å²) in [6.07, 6.45) is -2.32. The van der Waals surface area contributed by atoms with Crippen molar-refractivity contribution in [2.45, 2.75) is 49.9 Å². The first-order valence-corrected chi connectivity index (χ1v) is 14.6. The summed E-state index contributed by atoms with van der Waals surface area (Å²) in [6.45, 7) is 5.49. The highest BCUT2D eigenvalue weighted by atomic mass is 32.2. The molecule has 39 heavy (non-hydrogen) atoms. The van der Waals surface area contributed by atoms with E-state index in [1.54, 1.807) is 0 Å². The van der Waals surface area contributed by atoms with Gasteiger partial charge < -0.3 is 14.6 Å². The fraction of sp³-hybridized carbons (Fsp3) is 0.417. The standard InChI is InChI=1S/C24H30FN3O9S2/c1-14(22(29)27-39(34,35)24(2,3)4)10-16-13-28(19-11-15(26-23(30)31)6-9-20(19)37-16)38(32,33)17-7-8-18(25)21(12-17)36-5/h6-9,11-12,14,16,26H,10,13H2,1-5H3,(H,27,29)(H,30,31)/t14?,16-/m0/s1. The summed E-state index contributed by atoms with van der Waals surface area (Å²) in [6, 6.07) is 7.02. The first-order chi connectivity index (χ1) is 18.0. The van der Waals surface area contributed by atoms with Crippen LogP contribution in [0.3, 0.4) is 0 Å². The predicted molar refractivity (Wildman–Crippen MR) is 141 cm³/mol.